The van der Waals surface area contributed by atoms with E-state index in [2.05, 4.69) is 21.7 Å². The number of nitrogens with one attached hydrogen (secondary N) is 2. The fourth-order valence-electron chi connectivity index (χ4n) is 4.79. The third kappa shape index (κ3) is 5.96. The molecule has 4 heterocycles. The fourth-order valence-corrected chi connectivity index (χ4v) is 4.79. The second-order valence-electron chi connectivity index (χ2n) is 10.4. The van der Waals surface area contributed by atoms with E-state index in [9.17, 15) is 14.9 Å². The average molecular weight is 552 g/mol. The highest BCUT2D eigenvalue weighted by molar-refractivity contribution is 6.46. The first-order valence-corrected chi connectivity index (χ1v) is 13.0. The number of aromatic nitrogens is 2. The minimum absolute atomic E-state index is 0.0733. The average Bonchev–Trinajstić information content (AvgIpc) is 3.33. The van der Waals surface area contributed by atoms with Crippen LogP contribution in [0.5, 0.6) is 5.75 Å². The predicted octanol–water partition coefficient (Wildman–Crippen LogP) is 1.21. The van der Waals surface area contributed by atoms with Gasteiger partial charge in [-0.15, -0.1) is 0 Å². The van der Waals surface area contributed by atoms with E-state index in [1.54, 1.807) is 25.3 Å². The number of amides is 2. The zero-order chi connectivity index (χ0) is 29.0. The van der Waals surface area contributed by atoms with Crippen molar-refractivity contribution in [2.45, 2.75) is 31.5 Å². The van der Waals surface area contributed by atoms with Gasteiger partial charge in [0.2, 0.25) is 11.6 Å². The second kappa shape index (κ2) is 11.8. The highest BCUT2D eigenvalue weighted by atomic mass is 19.1. The standard InChI is InChI=1S/C27H34FN9O3/c1-18(30)24(19-12-22(40-4)25-20(13-29)14-31-37(25)15-19)33-32-21-7-10-35(11-8-21)26(39)27(28)16-36(17-27)23(38)6-5-9-34(2)3/h5-6,12,14-15,21,30,32H,7-11,16-17H2,1-4H3/b6-5+,30-18?,33-24+. The number of carbonyl (C=O) groups is 2. The minimum atomic E-state index is -2.05. The van der Waals surface area contributed by atoms with E-state index in [-0.39, 0.29) is 30.8 Å². The Morgan fingerprint density at radius 1 is 1.35 bits per heavy atom. The molecule has 0 radical (unpaired) electrons. The molecule has 2 aliphatic heterocycles. The van der Waals surface area contributed by atoms with Crippen LogP contribution in [-0.4, -0.2) is 113 Å². The molecule has 2 N–H and O–H groups in total. The first-order valence-electron chi connectivity index (χ1n) is 13.0. The second-order valence-corrected chi connectivity index (χ2v) is 10.4. The van der Waals surface area contributed by atoms with Crippen LogP contribution in [0.1, 0.15) is 30.9 Å². The SMILES string of the molecule is COc1cc(/C(=N/NC2CCN(C(=O)C3(F)CN(C(=O)/C=C/CN(C)C)C3)CC2)C(C)=N)cn2ncc(C#N)c12. The molecule has 0 aliphatic carbocycles. The topological polar surface area (TPSA) is 142 Å². The molecule has 0 unspecified atom stereocenters. The van der Waals surface area contributed by atoms with E-state index >= 15 is 4.39 Å². The Bertz CT molecular complexity index is 1390. The number of rotatable bonds is 9. The number of carbonyl (C=O) groups excluding carboxylic acids is 2. The number of hydrazone groups is 1. The van der Waals surface area contributed by atoms with Gasteiger partial charge < -0.3 is 30.3 Å². The zero-order valence-corrected chi connectivity index (χ0v) is 23.1. The maximum Gasteiger partial charge on any atom is 0.264 e. The lowest BCUT2D eigenvalue weighted by atomic mass is 9.92. The Hall–Kier alpha value is -4.31. The van der Waals surface area contributed by atoms with Gasteiger partial charge in [-0.3, -0.25) is 9.59 Å². The number of nitriles is 1. The predicted molar refractivity (Wildman–Crippen MR) is 147 cm³/mol. The van der Waals surface area contributed by atoms with E-state index in [1.807, 2.05) is 19.0 Å². The van der Waals surface area contributed by atoms with Crippen molar-refractivity contribution in [2.24, 2.45) is 5.10 Å². The molecule has 2 amide bonds. The maximum absolute atomic E-state index is 15.3. The lowest BCUT2D eigenvalue weighted by Crippen LogP contribution is -2.68. The lowest BCUT2D eigenvalue weighted by Gasteiger charge is -2.45. The molecule has 13 heteroatoms. The van der Waals surface area contributed by atoms with Gasteiger partial charge in [-0.05, 0) is 39.9 Å². The van der Waals surface area contributed by atoms with Gasteiger partial charge in [-0.2, -0.15) is 15.5 Å². The van der Waals surface area contributed by atoms with E-state index in [1.165, 1.54) is 33.7 Å². The molecular formula is C27H34FN9O3. The molecule has 40 heavy (non-hydrogen) atoms. The van der Waals surface area contributed by atoms with Gasteiger partial charge in [0.05, 0.1) is 32.1 Å². The van der Waals surface area contributed by atoms with Crippen LogP contribution in [-0.2, 0) is 9.59 Å². The minimum Gasteiger partial charge on any atom is -0.494 e. The quantitative estimate of drug-likeness (QED) is 0.271. The molecule has 0 spiro atoms. The summed E-state index contributed by atoms with van der Waals surface area (Å²) in [6, 6.07) is 3.73. The first-order chi connectivity index (χ1) is 19.1. The molecule has 0 aromatic carbocycles. The number of pyridine rings is 1. The maximum atomic E-state index is 15.3. The van der Waals surface area contributed by atoms with Crippen molar-refractivity contribution < 1.29 is 18.7 Å². The molecule has 2 saturated heterocycles. The van der Waals surface area contributed by atoms with Crippen LogP contribution in [0.15, 0.2) is 35.7 Å². The number of piperidine rings is 1. The molecule has 0 bridgehead atoms. The number of hydrogen-bond acceptors (Lipinski definition) is 9. The molecule has 2 aromatic rings. The van der Waals surface area contributed by atoms with Crippen LogP contribution >= 0.6 is 0 Å². The summed E-state index contributed by atoms with van der Waals surface area (Å²) in [7, 11) is 5.27. The Morgan fingerprint density at radius 3 is 2.65 bits per heavy atom. The smallest absolute Gasteiger partial charge is 0.264 e. The van der Waals surface area contributed by atoms with Crippen LogP contribution in [0, 0.1) is 16.7 Å². The molecule has 2 aromatic heterocycles. The number of halogens is 1. The summed E-state index contributed by atoms with van der Waals surface area (Å²) in [5.41, 5.74) is 3.15. The zero-order valence-electron chi connectivity index (χ0n) is 23.1. The first kappa shape index (κ1) is 28.7. The number of alkyl halides is 1. The molecule has 2 fully saturated rings. The van der Waals surface area contributed by atoms with Gasteiger partial charge in [0.25, 0.3) is 5.91 Å². The van der Waals surface area contributed by atoms with Crippen LogP contribution in [0.2, 0.25) is 0 Å². The third-order valence-corrected chi connectivity index (χ3v) is 7.00. The van der Waals surface area contributed by atoms with Gasteiger partial charge in [0, 0.05) is 43.5 Å². The Labute approximate surface area is 232 Å². The van der Waals surface area contributed by atoms with Crippen molar-refractivity contribution in [1.82, 2.24) is 29.7 Å². The van der Waals surface area contributed by atoms with Crippen LogP contribution in [0.25, 0.3) is 5.52 Å². The van der Waals surface area contributed by atoms with Gasteiger partial charge in [-0.25, -0.2) is 8.91 Å². The summed E-state index contributed by atoms with van der Waals surface area (Å²) >= 11 is 0. The monoisotopic (exact) mass is 551 g/mol. The molecule has 12 nitrogen and oxygen atoms in total. The summed E-state index contributed by atoms with van der Waals surface area (Å²) in [6.07, 6.45) is 7.37. The summed E-state index contributed by atoms with van der Waals surface area (Å²) in [5, 5.41) is 26.3. The van der Waals surface area contributed by atoms with E-state index in [0.29, 0.717) is 60.6 Å². The molecule has 0 atom stereocenters. The summed E-state index contributed by atoms with van der Waals surface area (Å²) in [5.74, 6) is -0.438. The number of ether oxygens (including phenoxy) is 1. The van der Waals surface area contributed by atoms with E-state index < -0.39 is 11.6 Å². The molecular weight excluding hydrogens is 517 g/mol. The summed E-state index contributed by atoms with van der Waals surface area (Å²) < 4.78 is 22.2. The number of fused-ring (bicyclic) bond motifs is 1. The lowest BCUT2D eigenvalue weighted by molar-refractivity contribution is -0.162. The highest BCUT2D eigenvalue weighted by Crippen LogP contribution is 2.29. The van der Waals surface area contributed by atoms with E-state index in [4.69, 9.17) is 10.1 Å². The van der Waals surface area contributed by atoms with Crippen molar-refractivity contribution in [1.29, 1.82) is 10.7 Å². The van der Waals surface area contributed by atoms with Crippen molar-refractivity contribution >= 4 is 28.8 Å². The summed E-state index contributed by atoms with van der Waals surface area (Å²) in [6.45, 7) is 2.47. The van der Waals surface area contributed by atoms with Crippen molar-refractivity contribution in [2.75, 3.05) is 53.9 Å². The van der Waals surface area contributed by atoms with Crippen molar-refractivity contribution in [3.05, 3.63) is 41.7 Å². The van der Waals surface area contributed by atoms with Crippen molar-refractivity contribution in [3.8, 4) is 11.8 Å². The Morgan fingerprint density at radius 2 is 2.05 bits per heavy atom. The normalized spacial score (nSPS) is 17.7. The van der Waals surface area contributed by atoms with Gasteiger partial charge in [0.1, 0.15) is 28.6 Å². The van der Waals surface area contributed by atoms with Gasteiger partial charge >= 0.3 is 0 Å². The summed E-state index contributed by atoms with van der Waals surface area (Å²) in [4.78, 5) is 29.8. The highest BCUT2D eigenvalue weighted by Gasteiger charge is 2.53. The van der Waals surface area contributed by atoms with Gasteiger partial charge in [-0.1, -0.05) is 6.08 Å². The van der Waals surface area contributed by atoms with Crippen LogP contribution < -0.4 is 10.2 Å². The Balaban J connectivity index is 1.35. The number of likely N-dealkylation sites (N-methyl/N-ethyl adjacent to an activating group) is 1. The molecule has 2 aliphatic rings. The van der Waals surface area contributed by atoms with Gasteiger partial charge in [0.15, 0.2) is 0 Å². The molecule has 4 rings (SSSR count). The van der Waals surface area contributed by atoms with Crippen LogP contribution in [0.4, 0.5) is 4.39 Å². The van der Waals surface area contributed by atoms with E-state index in [0.717, 1.165) is 0 Å². The number of hydrogen-bond donors (Lipinski definition) is 2. The fraction of sp³-hybridized carbons (Fsp3) is 0.481. The largest absolute Gasteiger partial charge is 0.494 e. The number of nitrogens with zero attached hydrogens (tertiary/aromatic N) is 7. The van der Waals surface area contributed by atoms with Crippen LogP contribution in [0.3, 0.4) is 0 Å². The number of methoxy groups -OCH3 is 1. The third-order valence-electron chi connectivity index (χ3n) is 7.00. The Kier molecular flexibility index (Phi) is 8.49. The van der Waals surface area contributed by atoms with Crippen molar-refractivity contribution in [3.63, 3.8) is 0 Å². The number of likely N-dealkylation sites (tertiary alicyclic amines) is 2. The molecule has 212 valence electrons. The molecule has 0 saturated carbocycles.